The quantitative estimate of drug-likeness (QED) is 0.722. The standard InChI is InChI=1S/C13H29N/c1-8-11(14-13(5,6)7)9-10-12(2,3)4/h11,14H,8-10H2,1-7H3/t11-/m1/s1. The molecular weight excluding hydrogens is 170 g/mol. The monoisotopic (exact) mass is 199 g/mol. The first-order chi connectivity index (χ1) is 6.14. The molecule has 0 radical (unpaired) electrons. The topological polar surface area (TPSA) is 12.0 Å². The highest BCUT2D eigenvalue weighted by molar-refractivity contribution is 4.78. The van der Waals surface area contributed by atoms with Crippen LogP contribution in [-0.2, 0) is 0 Å². The van der Waals surface area contributed by atoms with Crippen LogP contribution in [0.15, 0.2) is 0 Å². The van der Waals surface area contributed by atoms with Gasteiger partial charge >= 0.3 is 0 Å². The highest BCUT2D eigenvalue weighted by Crippen LogP contribution is 2.22. The molecule has 0 aromatic carbocycles. The summed E-state index contributed by atoms with van der Waals surface area (Å²) in [6, 6.07) is 0.675. The summed E-state index contributed by atoms with van der Waals surface area (Å²) < 4.78 is 0. The molecule has 0 fully saturated rings. The molecule has 0 saturated heterocycles. The first-order valence-electron chi connectivity index (χ1n) is 5.92. The third-order valence-corrected chi connectivity index (χ3v) is 2.37. The number of hydrogen-bond acceptors (Lipinski definition) is 1. The minimum absolute atomic E-state index is 0.249. The average Bonchev–Trinajstić information content (AvgIpc) is 1.94. The second-order valence-corrected chi connectivity index (χ2v) is 6.60. The van der Waals surface area contributed by atoms with Gasteiger partial charge in [0.15, 0.2) is 0 Å². The van der Waals surface area contributed by atoms with E-state index >= 15 is 0 Å². The van der Waals surface area contributed by atoms with Crippen molar-refractivity contribution in [1.29, 1.82) is 0 Å². The molecule has 0 aliphatic heterocycles. The predicted octanol–water partition coefficient (Wildman–Crippen LogP) is 3.98. The highest BCUT2D eigenvalue weighted by Gasteiger charge is 2.18. The van der Waals surface area contributed by atoms with Crippen LogP contribution in [0.2, 0.25) is 0 Å². The first-order valence-corrected chi connectivity index (χ1v) is 5.92. The average molecular weight is 199 g/mol. The van der Waals surface area contributed by atoms with Crippen LogP contribution < -0.4 is 5.32 Å². The summed E-state index contributed by atoms with van der Waals surface area (Å²) in [5.41, 5.74) is 0.714. The van der Waals surface area contributed by atoms with Gasteiger partial charge in [-0.2, -0.15) is 0 Å². The number of nitrogens with one attached hydrogen (secondary N) is 1. The molecule has 1 nitrogen and oxygen atoms in total. The number of hydrogen-bond donors (Lipinski definition) is 1. The van der Waals surface area contributed by atoms with E-state index in [-0.39, 0.29) is 5.54 Å². The molecule has 0 aliphatic carbocycles. The first kappa shape index (κ1) is 14.0. The van der Waals surface area contributed by atoms with E-state index in [1.807, 2.05) is 0 Å². The lowest BCUT2D eigenvalue weighted by Gasteiger charge is -2.30. The maximum absolute atomic E-state index is 3.68. The Hall–Kier alpha value is -0.0400. The minimum atomic E-state index is 0.249. The van der Waals surface area contributed by atoms with Crippen molar-refractivity contribution >= 4 is 0 Å². The summed E-state index contributed by atoms with van der Waals surface area (Å²) in [6.45, 7) is 15.9. The van der Waals surface area contributed by atoms with Crippen molar-refractivity contribution in [2.24, 2.45) is 5.41 Å². The second-order valence-electron chi connectivity index (χ2n) is 6.60. The van der Waals surface area contributed by atoms with E-state index in [1.165, 1.54) is 19.3 Å². The Morgan fingerprint density at radius 1 is 1.00 bits per heavy atom. The predicted molar refractivity (Wildman–Crippen MR) is 65.7 cm³/mol. The van der Waals surface area contributed by atoms with Crippen LogP contribution in [0.4, 0.5) is 0 Å². The maximum atomic E-state index is 3.68. The van der Waals surface area contributed by atoms with Crippen molar-refractivity contribution in [3.63, 3.8) is 0 Å². The smallest absolute Gasteiger partial charge is 0.00990 e. The molecular formula is C13H29N. The zero-order valence-corrected chi connectivity index (χ0v) is 11.2. The maximum Gasteiger partial charge on any atom is 0.00990 e. The molecule has 86 valence electrons. The summed E-state index contributed by atoms with van der Waals surface area (Å²) in [5, 5.41) is 3.68. The molecule has 14 heavy (non-hydrogen) atoms. The molecule has 0 unspecified atom stereocenters. The van der Waals surface area contributed by atoms with E-state index in [0.717, 1.165) is 0 Å². The highest BCUT2D eigenvalue weighted by atomic mass is 15.0. The van der Waals surface area contributed by atoms with Crippen LogP contribution >= 0.6 is 0 Å². The summed E-state index contributed by atoms with van der Waals surface area (Å²) in [4.78, 5) is 0. The van der Waals surface area contributed by atoms with Gasteiger partial charge in [0, 0.05) is 11.6 Å². The van der Waals surface area contributed by atoms with Gasteiger partial charge in [0.25, 0.3) is 0 Å². The van der Waals surface area contributed by atoms with Crippen molar-refractivity contribution in [2.75, 3.05) is 0 Å². The van der Waals surface area contributed by atoms with Crippen LogP contribution in [0.5, 0.6) is 0 Å². The summed E-state index contributed by atoms with van der Waals surface area (Å²) >= 11 is 0. The second kappa shape index (κ2) is 5.16. The Kier molecular flexibility index (Phi) is 5.14. The van der Waals surface area contributed by atoms with Crippen molar-refractivity contribution < 1.29 is 0 Å². The Morgan fingerprint density at radius 3 is 1.79 bits per heavy atom. The Labute approximate surface area is 90.7 Å². The molecule has 0 heterocycles. The van der Waals surface area contributed by atoms with Gasteiger partial charge in [-0.1, -0.05) is 27.7 Å². The van der Waals surface area contributed by atoms with Gasteiger partial charge in [-0.05, 0) is 45.4 Å². The van der Waals surface area contributed by atoms with E-state index < -0.39 is 0 Å². The summed E-state index contributed by atoms with van der Waals surface area (Å²) in [7, 11) is 0. The van der Waals surface area contributed by atoms with Crippen molar-refractivity contribution in [1.82, 2.24) is 5.32 Å². The molecule has 0 bridgehead atoms. The zero-order valence-electron chi connectivity index (χ0n) is 11.2. The largest absolute Gasteiger partial charge is 0.309 e. The van der Waals surface area contributed by atoms with Crippen LogP contribution in [0.3, 0.4) is 0 Å². The van der Waals surface area contributed by atoms with Crippen molar-refractivity contribution in [2.45, 2.75) is 79.3 Å². The van der Waals surface area contributed by atoms with Gasteiger partial charge in [-0.3, -0.25) is 0 Å². The number of rotatable bonds is 4. The third-order valence-electron chi connectivity index (χ3n) is 2.37. The minimum Gasteiger partial charge on any atom is -0.309 e. The van der Waals surface area contributed by atoms with Crippen LogP contribution in [0, 0.1) is 5.41 Å². The Balaban J connectivity index is 3.93. The van der Waals surface area contributed by atoms with Gasteiger partial charge in [-0.15, -0.1) is 0 Å². The lowest BCUT2D eigenvalue weighted by molar-refractivity contribution is 0.287. The lowest BCUT2D eigenvalue weighted by atomic mass is 9.87. The van der Waals surface area contributed by atoms with E-state index in [4.69, 9.17) is 0 Å². The van der Waals surface area contributed by atoms with Gasteiger partial charge in [0.1, 0.15) is 0 Å². The van der Waals surface area contributed by atoms with Crippen LogP contribution in [0.1, 0.15) is 67.7 Å². The molecule has 0 aromatic rings. The molecule has 1 heteroatoms. The fourth-order valence-corrected chi connectivity index (χ4v) is 1.60. The van der Waals surface area contributed by atoms with Gasteiger partial charge < -0.3 is 5.32 Å². The molecule has 0 aromatic heterocycles. The summed E-state index contributed by atoms with van der Waals surface area (Å²) in [6.07, 6.45) is 3.82. The van der Waals surface area contributed by atoms with Crippen LogP contribution in [0.25, 0.3) is 0 Å². The third kappa shape index (κ3) is 8.55. The fourth-order valence-electron chi connectivity index (χ4n) is 1.60. The van der Waals surface area contributed by atoms with Crippen LogP contribution in [-0.4, -0.2) is 11.6 Å². The van der Waals surface area contributed by atoms with Gasteiger partial charge in [0.2, 0.25) is 0 Å². The van der Waals surface area contributed by atoms with E-state index in [0.29, 0.717) is 11.5 Å². The molecule has 0 rings (SSSR count). The van der Waals surface area contributed by atoms with E-state index in [9.17, 15) is 0 Å². The lowest BCUT2D eigenvalue weighted by Crippen LogP contribution is -2.43. The molecule has 0 aliphatic rings. The van der Waals surface area contributed by atoms with E-state index in [1.54, 1.807) is 0 Å². The fraction of sp³-hybridized carbons (Fsp3) is 1.00. The molecule has 0 amide bonds. The summed E-state index contributed by atoms with van der Waals surface area (Å²) in [5.74, 6) is 0. The van der Waals surface area contributed by atoms with Crippen molar-refractivity contribution in [3.8, 4) is 0 Å². The van der Waals surface area contributed by atoms with E-state index in [2.05, 4.69) is 53.8 Å². The normalized spacial score (nSPS) is 15.6. The van der Waals surface area contributed by atoms with Crippen molar-refractivity contribution in [3.05, 3.63) is 0 Å². The van der Waals surface area contributed by atoms with Gasteiger partial charge in [-0.25, -0.2) is 0 Å². The molecule has 1 N–H and O–H groups in total. The zero-order chi connectivity index (χ0) is 11.4. The Morgan fingerprint density at radius 2 is 1.50 bits per heavy atom. The SMILES string of the molecule is CC[C@H](CCC(C)(C)C)NC(C)(C)C. The Bertz CT molecular complexity index is 148. The molecule has 0 saturated carbocycles. The molecule has 1 atom stereocenters. The van der Waals surface area contributed by atoms with Gasteiger partial charge in [0.05, 0.1) is 0 Å². The molecule has 0 spiro atoms.